The highest BCUT2D eigenvalue weighted by atomic mass is 16.5. The number of hydrogen-bond acceptors (Lipinski definition) is 1. The average molecular weight is 236 g/mol. The van der Waals surface area contributed by atoms with Crippen molar-refractivity contribution in [2.24, 2.45) is 23.2 Å². The van der Waals surface area contributed by atoms with Crippen LogP contribution in [-0.2, 0) is 4.74 Å². The van der Waals surface area contributed by atoms with Gasteiger partial charge >= 0.3 is 0 Å². The van der Waals surface area contributed by atoms with Gasteiger partial charge in [0.15, 0.2) is 0 Å². The molecule has 0 atom stereocenters. The van der Waals surface area contributed by atoms with Gasteiger partial charge in [-0.15, -0.1) is 0 Å². The third-order valence-corrected chi connectivity index (χ3v) is 5.85. The molecule has 0 unspecified atom stereocenters. The Hall–Kier alpha value is -0.0400. The lowest BCUT2D eigenvalue weighted by Gasteiger charge is -2.62. The van der Waals surface area contributed by atoms with Gasteiger partial charge in [0, 0.05) is 0 Å². The van der Waals surface area contributed by atoms with Crippen LogP contribution in [0.3, 0.4) is 0 Å². The molecule has 1 heteroatoms. The minimum Gasteiger partial charge on any atom is -0.372 e. The molecule has 1 nitrogen and oxygen atoms in total. The molecule has 0 radical (unpaired) electrons. The van der Waals surface area contributed by atoms with Crippen LogP contribution in [0, 0.1) is 23.2 Å². The van der Waals surface area contributed by atoms with E-state index in [0.717, 1.165) is 17.8 Å². The third-order valence-electron chi connectivity index (χ3n) is 5.85. The second-order valence-electron chi connectivity index (χ2n) is 7.87. The fourth-order valence-corrected chi connectivity index (χ4v) is 5.56. The van der Waals surface area contributed by atoms with E-state index in [-0.39, 0.29) is 5.60 Å². The van der Waals surface area contributed by atoms with E-state index in [1.165, 1.54) is 38.5 Å². The lowest BCUT2D eigenvalue weighted by Crippen LogP contribution is -2.57. The van der Waals surface area contributed by atoms with Crippen molar-refractivity contribution in [1.29, 1.82) is 0 Å². The predicted molar refractivity (Wildman–Crippen MR) is 70.9 cm³/mol. The molecule has 0 amide bonds. The molecule has 0 aromatic heterocycles. The highest BCUT2D eigenvalue weighted by molar-refractivity contribution is 5.08. The monoisotopic (exact) mass is 236 g/mol. The average Bonchev–Trinajstić information content (AvgIpc) is 2.12. The molecule has 4 fully saturated rings. The van der Waals surface area contributed by atoms with Crippen LogP contribution in [0.4, 0.5) is 0 Å². The van der Waals surface area contributed by atoms with Crippen LogP contribution in [0.1, 0.15) is 66.2 Å². The predicted octanol–water partition coefficient (Wildman–Crippen LogP) is 4.41. The van der Waals surface area contributed by atoms with Gasteiger partial charge in [-0.3, -0.25) is 0 Å². The Morgan fingerprint density at radius 3 is 1.71 bits per heavy atom. The molecular weight excluding hydrogens is 208 g/mol. The maximum absolute atomic E-state index is 6.32. The summed E-state index contributed by atoms with van der Waals surface area (Å²) < 4.78 is 6.32. The standard InChI is InChI=1S/C16H28O/c1-11(2)17-15(3,4)16-8-12-5-13(9-16)7-14(6-12)10-16/h11-14H,5-10H2,1-4H3. The van der Waals surface area contributed by atoms with Crippen molar-refractivity contribution in [3.05, 3.63) is 0 Å². The summed E-state index contributed by atoms with van der Waals surface area (Å²) >= 11 is 0. The van der Waals surface area contributed by atoms with Crippen molar-refractivity contribution in [3.8, 4) is 0 Å². The Kier molecular flexibility index (Phi) is 2.63. The van der Waals surface area contributed by atoms with Crippen LogP contribution in [0.25, 0.3) is 0 Å². The summed E-state index contributed by atoms with van der Waals surface area (Å²) in [6.45, 7) is 9.09. The molecule has 17 heavy (non-hydrogen) atoms. The Bertz CT molecular complexity index is 267. The summed E-state index contributed by atoms with van der Waals surface area (Å²) in [7, 11) is 0. The van der Waals surface area contributed by atoms with Gasteiger partial charge in [0.05, 0.1) is 11.7 Å². The van der Waals surface area contributed by atoms with E-state index in [1.54, 1.807) is 0 Å². The maximum Gasteiger partial charge on any atom is 0.0686 e. The molecule has 4 rings (SSSR count). The third kappa shape index (κ3) is 1.85. The smallest absolute Gasteiger partial charge is 0.0686 e. The Labute approximate surface area is 106 Å². The molecule has 98 valence electrons. The first-order valence-electron chi connectivity index (χ1n) is 7.58. The molecule has 4 saturated carbocycles. The first-order valence-corrected chi connectivity index (χ1v) is 7.58. The Morgan fingerprint density at radius 1 is 0.941 bits per heavy atom. The molecule has 4 aliphatic rings. The SMILES string of the molecule is CC(C)OC(C)(C)C12CC3CC(CC(C3)C1)C2. The highest BCUT2D eigenvalue weighted by Crippen LogP contribution is 2.64. The zero-order valence-corrected chi connectivity index (χ0v) is 12.0. The van der Waals surface area contributed by atoms with Gasteiger partial charge in [0.1, 0.15) is 0 Å². The summed E-state index contributed by atoms with van der Waals surface area (Å²) in [6.07, 6.45) is 9.26. The van der Waals surface area contributed by atoms with Gasteiger partial charge in [-0.1, -0.05) is 0 Å². The molecular formula is C16H28O. The number of ether oxygens (including phenoxy) is 1. The van der Waals surface area contributed by atoms with Gasteiger partial charge in [-0.25, -0.2) is 0 Å². The second kappa shape index (κ2) is 3.73. The molecule has 4 bridgehead atoms. The zero-order valence-electron chi connectivity index (χ0n) is 12.0. The first-order chi connectivity index (χ1) is 7.90. The van der Waals surface area contributed by atoms with Gasteiger partial charge in [-0.2, -0.15) is 0 Å². The fraction of sp³-hybridized carbons (Fsp3) is 1.00. The molecule has 0 N–H and O–H groups in total. The summed E-state index contributed by atoms with van der Waals surface area (Å²) in [5, 5.41) is 0. The van der Waals surface area contributed by atoms with Crippen LogP contribution in [0.15, 0.2) is 0 Å². The largest absolute Gasteiger partial charge is 0.372 e. The molecule has 0 spiro atoms. The second-order valence-corrected chi connectivity index (χ2v) is 7.87. The van der Waals surface area contributed by atoms with Gasteiger partial charge in [-0.05, 0) is 89.4 Å². The van der Waals surface area contributed by atoms with Crippen molar-refractivity contribution < 1.29 is 4.74 Å². The Balaban J connectivity index is 1.86. The Morgan fingerprint density at radius 2 is 1.35 bits per heavy atom. The number of rotatable bonds is 3. The molecule has 0 heterocycles. The maximum atomic E-state index is 6.32. The molecule has 0 aromatic carbocycles. The fourth-order valence-electron chi connectivity index (χ4n) is 5.56. The quantitative estimate of drug-likeness (QED) is 0.705. The van der Waals surface area contributed by atoms with E-state index in [9.17, 15) is 0 Å². The van der Waals surface area contributed by atoms with E-state index in [1.807, 2.05) is 0 Å². The van der Waals surface area contributed by atoms with Crippen molar-refractivity contribution >= 4 is 0 Å². The summed E-state index contributed by atoms with van der Waals surface area (Å²) in [6, 6.07) is 0. The summed E-state index contributed by atoms with van der Waals surface area (Å²) in [5.41, 5.74) is 0.587. The minimum absolute atomic E-state index is 0.0805. The van der Waals surface area contributed by atoms with Crippen molar-refractivity contribution in [1.82, 2.24) is 0 Å². The highest BCUT2D eigenvalue weighted by Gasteiger charge is 2.57. The van der Waals surface area contributed by atoms with Gasteiger partial charge in [0.25, 0.3) is 0 Å². The van der Waals surface area contributed by atoms with E-state index in [4.69, 9.17) is 4.74 Å². The van der Waals surface area contributed by atoms with Crippen LogP contribution in [0.5, 0.6) is 0 Å². The van der Waals surface area contributed by atoms with Gasteiger partial charge in [0.2, 0.25) is 0 Å². The topological polar surface area (TPSA) is 9.23 Å². The van der Waals surface area contributed by atoms with Crippen LogP contribution < -0.4 is 0 Å². The molecule has 0 saturated heterocycles. The van der Waals surface area contributed by atoms with E-state index in [0.29, 0.717) is 11.5 Å². The lowest BCUT2D eigenvalue weighted by molar-refractivity contribution is -0.201. The molecule has 0 aromatic rings. The van der Waals surface area contributed by atoms with Crippen molar-refractivity contribution in [3.63, 3.8) is 0 Å². The number of hydrogen-bond donors (Lipinski definition) is 0. The van der Waals surface area contributed by atoms with Crippen LogP contribution >= 0.6 is 0 Å². The van der Waals surface area contributed by atoms with Crippen molar-refractivity contribution in [2.45, 2.75) is 77.9 Å². The molecule has 4 aliphatic carbocycles. The van der Waals surface area contributed by atoms with Crippen molar-refractivity contribution in [2.75, 3.05) is 0 Å². The lowest BCUT2D eigenvalue weighted by atomic mass is 9.46. The van der Waals surface area contributed by atoms with E-state index < -0.39 is 0 Å². The minimum atomic E-state index is 0.0805. The molecule has 0 aliphatic heterocycles. The van der Waals surface area contributed by atoms with Crippen LogP contribution in [0.2, 0.25) is 0 Å². The first kappa shape index (κ1) is 12.0. The van der Waals surface area contributed by atoms with Crippen LogP contribution in [-0.4, -0.2) is 11.7 Å². The van der Waals surface area contributed by atoms with E-state index >= 15 is 0 Å². The van der Waals surface area contributed by atoms with Gasteiger partial charge < -0.3 is 4.74 Å². The summed E-state index contributed by atoms with van der Waals surface area (Å²) in [5.74, 6) is 3.07. The summed E-state index contributed by atoms with van der Waals surface area (Å²) in [4.78, 5) is 0. The van der Waals surface area contributed by atoms with E-state index in [2.05, 4.69) is 27.7 Å². The zero-order chi connectivity index (χ0) is 12.3. The normalized spacial score (nSPS) is 44.6.